The molecule has 1 aliphatic rings. The summed E-state index contributed by atoms with van der Waals surface area (Å²) >= 11 is 0. The number of rotatable bonds is 4. The lowest BCUT2D eigenvalue weighted by Crippen LogP contribution is -2.33. The highest BCUT2D eigenvalue weighted by Gasteiger charge is 2.29. The van der Waals surface area contributed by atoms with Crippen molar-refractivity contribution in [1.29, 1.82) is 0 Å². The van der Waals surface area contributed by atoms with Gasteiger partial charge in [0, 0.05) is 49.8 Å². The molecule has 0 bridgehead atoms. The Morgan fingerprint density at radius 2 is 1.21 bits per heavy atom. The number of aromatic nitrogens is 1. The Bertz CT molecular complexity index is 1430. The molecule has 2 heterocycles. The summed E-state index contributed by atoms with van der Waals surface area (Å²) in [6.07, 6.45) is 0.786. The van der Waals surface area contributed by atoms with Crippen LogP contribution in [0.15, 0.2) is 46.8 Å². The minimum Gasteiger partial charge on any atom is -0.312 e. The number of hydrogen-bond acceptors (Lipinski definition) is 2. The molecular weight excluding hydrogens is 510 g/mol. The van der Waals surface area contributed by atoms with Gasteiger partial charge in [0.15, 0.2) is 0 Å². The van der Waals surface area contributed by atoms with Gasteiger partial charge in [0.2, 0.25) is 5.91 Å². The molecule has 1 amide bonds. The molecule has 0 saturated carbocycles. The molecule has 3 aromatic rings. The van der Waals surface area contributed by atoms with Gasteiger partial charge in [-0.1, -0.05) is 6.07 Å². The maximum absolute atomic E-state index is 13.9. The zero-order valence-corrected chi connectivity index (χ0v) is 21.3. The first kappa shape index (κ1) is 28.7. The van der Waals surface area contributed by atoms with Crippen LogP contribution in [-0.2, 0) is 11.3 Å². The second kappa shape index (κ2) is 11.7. The summed E-state index contributed by atoms with van der Waals surface area (Å²) in [5.41, 5.74) is 0.592. The average Bonchev–Trinajstić information content (AvgIpc) is 2.83. The zero-order valence-electron chi connectivity index (χ0n) is 21.3. The van der Waals surface area contributed by atoms with E-state index in [2.05, 4.69) is 0 Å². The molecule has 202 valence electrons. The van der Waals surface area contributed by atoms with E-state index in [0.29, 0.717) is 49.2 Å². The normalized spacial score (nSPS) is 13.5. The van der Waals surface area contributed by atoms with Crippen molar-refractivity contribution in [3.05, 3.63) is 98.4 Å². The van der Waals surface area contributed by atoms with Crippen molar-refractivity contribution < 1.29 is 31.1 Å². The Morgan fingerprint density at radius 3 is 1.68 bits per heavy atom. The number of aryl methyl sites for hydroxylation is 1. The lowest BCUT2D eigenvalue weighted by molar-refractivity contribution is -0.128. The Hall–Kier alpha value is -3.82. The van der Waals surface area contributed by atoms with Crippen LogP contribution in [0.1, 0.15) is 44.7 Å². The van der Waals surface area contributed by atoms with Gasteiger partial charge in [0.1, 0.15) is 34.9 Å². The minimum atomic E-state index is -1.02. The number of amides is 1. The van der Waals surface area contributed by atoms with Gasteiger partial charge in [-0.3, -0.25) is 9.59 Å². The van der Waals surface area contributed by atoms with E-state index in [0.717, 1.165) is 5.57 Å². The zero-order chi connectivity index (χ0) is 28.3. The molecule has 0 atom stereocenters. The van der Waals surface area contributed by atoms with Crippen molar-refractivity contribution in [2.45, 2.75) is 47.1 Å². The maximum atomic E-state index is 13.9. The highest BCUT2D eigenvalue weighted by atomic mass is 19.2. The van der Waals surface area contributed by atoms with Gasteiger partial charge in [0.05, 0.1) is 22.5 Å². The van der Waals surface area contributed by atoms with Crippen molar-refractivity contribution in [2.75, 3.05) is 6.54 Å². The molecule has 10 heteroatoms. The van der Waals surface area contributed by atoms with Crippen molar-refractivity contribution >= 4 is 11.6 Å². The van der Waals surface area contributed by atoms with Crippen molar-refractivity contribution in [3.63, 3.8) is 0 Å². The van der Waals surface area contributed by atoms with E-state index in [1.807, 2.05) is 0 Å². The van der Waals surface area contributed by atoms with Gasteiger partial charge in [-0.05, 0) is 45.3 Å². The van der Waals surface area contributed by atoms with E-state index >= 15 is 0 Å². The molecule has 1 aliphatic heterocycles. The fourth-order valence-electron chi connectivity index (χ4n) is 4.46. The van der Waals surface area contributed by atoms with Crippen LogP contribution in [0.2, 0.25) is 0 Å². The standard InChI is InChI=1S/C14H14F3NO.C14H12F3NO/c2*1-3-18-12(19)5-4-8(2)14(18)13-10(16)6-9(15)7-11(13)17/h6-7H,3-5H2,1-2H3;4-7H,3H2,1-2H3. The molecule has 0 fully saturated rings. The van der Waals surface area contributed by atoms with E-state index in [4.69, 9.17) is 0 Å². The predicted molar refractivity (Wildman–Crippen MR) is 132 cm³/mol. The first-order valence-corrected chi connectivity index (χ1v) is 11.9. The molecule has 38 heavy (non-hydrogen) atoms. The van der Waals surface area contributed by atoms with Crippen LogP contribution in [0.3, 0.4) is 0 Å². The summed E-state index contributed by atoms with van der Waals surface area (Å²) < 4.78 is 82.5. The number of carbonyl (C=O) groups is 1. The summed E-state index contributed by atoms with van der Waals surface area (Å²) in [4.78, 5) is 24.9. The van der Waals surface area contributed by atoms with Crippen LogP contribution in [0.4, 0.5) is 26.3 Å². The van der Waals surface area contributed by atoms with Crippen LogP contribution >= 0.6 is 0 Å². The average molecular weight is 537 g/mol. The van der Waals surface area contributed by atoms with Gasteiger partial charge in [-0.2, -0.15) is 0 Å². The third kappa shape index (κ3) is 5.69. The van der Waals surface area contributed by atoms with Gasteiger partial charge in [0.25, 0.3) is 5.56 Å². The van der Waals surface area contributed by atoms with Gasteiger partial charge < -0.3 is 9.47 Å². The predicted octanol–water partition coefficient (Wildman–Crippen LogP) is 6.74. The van der Waals surface area contributed by atoms with Crippen LogP contribution in [0, 0.1) is 41.8 Å². The molecule has 0 aliphatic carbocycles. The van der Waals surface area contributed by atoms with Crippen LogP contribution in [0.5, 0.6) is 0 Å². The summed E-state index contributed by atoms with van der Waals surface area (Å²) in [5, 5.41) is 0. The van der Waals surface area contributed by atoms with Crippen molar-refractivity contribution in [3.8, 4) is 11.3 Å². The molecular formula is C28H26F6N2O2. The summed E-state index contributed by atoms with van der Waals surface area (Å²) in [5.74, 6) is -6.15. The Labute approximate surface area is 215 Å². The highest BCUT2D eigenvalue weighted by molar-refractivity contribution is 5.90. The van der Waals surface area contributed by atoms with Crippen molar-refractivity contribution in [1.82, 2.24) is 9.47 Å². The summed E-state index contributed by atoms with van der Waals surface area (Å²) in [6.45, 7) is 7.39. The van der Waals surface area contributed by atoms with Gasteiger partial charge in [-0.25, -0.2) is 26.3 Å². The molecule has 0 N–H and O–H groups in total. The lowest BCUT2D eigenvalue weighted by Gasteiger charge is -2.31. The van der Waals surface area contributed by atoms with Crippen LogP contribution < -0.4 is 5.56 Å². The Balaban J connectivity index is 0.000000211. The molecule has 1 aromatic heterocycles. The van der Waals surface area contributed by atoms with Crippen molar-refractivity contribution in [2.24, 2.45) is 0 Å². The molecule has 0 saturated heterocycles. The second-order valence-corrected chi connectivity index (χ2v) is 8.70. The number of allylic oxidation sites excluding steroid dienone is 1. The monoisotopic (exact) mass is 536 g/mol. The van der Waals surface area contributed by atoms with Crippen LogP contribution in [-0.4, -0.2) is 21.9 Å². The smallest absolute Gasteiger partial charge is 0.251 e. The van der Waals surface area contributed by atoms with E-state index in [9.17, 15) is 35.9 Å². The SMILES string of the molecule is CCN1C(=O)CCC(C)=C1c1c(F)cc(F)cc1F.CCn1c(-c2c(F)cc(F)cc2F)c(C)ccc1=O. The first-order chi connectivity index (χ1) is 17.9. The molecule has 0 radical (unpaired) electrons. The second-order valence-electron chi connectivity index (χ2n) is 8.70. The van der Waals surface area contributed by atoms with Crippen LogP contribution in [0.25, 0.3) is 17.0 Å². The molecule has 4 rings (SSSR count). The number of nitrogens with zero attached hydrogens (tertiary/aromatic N) is 2. The highest BCUT2D eigenvalue weighted by Crippen LogP contribution is 2.34. The quantitative estimate of drug-likeness (QED) is 0.347. The maximum Gasteiger partial charge on any atom is 0.251 e. The van der Waals surface area contributed by atoms with Gasteiger partial charge >= 0.3 is 0 Å². The number of hydrogen-bond donors (Lipinski definition) is 0. The van der Waals surface area contributed by atoms with Gasteiger partial charge in [-0.15, -0.1) is 0 Å². The topological polar surface area (TPSA) is 42.3 Å². The number of carbonyl (C=O) groups excluding carboxylic acids is 1. The fourth-order valence-corrected chi connectivity index (χ4v) is 4.46. The molecule has 0 unspecified atom stereocenters. The number of pyridine rings is 1. The molecule has 0 spiro atoms. The third-order valence-corrected chi connectivity index (χ3v) is 6.19. The minimum absolute atomic E-state index is 0.144. The third-order valence-electron chi connectivity index (χ3n) is 6.19. The molecule has 4 nitrogen and oxygen atoms in total. The number of halogens is 6. The van der Waals surface area contributed by atoms with E-state index in [-0.39, 0.29) is 40.5 Å². The van der Waals surface area contributed by atoms with E-state index in [1.54, 1.807) is 27.7 Å². The fraction of sp³-hybridized carbons (Fsp3) is 0.286. The summed E-state index contributed by atoms with van der Waals surface area (Å²) in [7, 11) is 0. The largest absolute Gasteiger partial charge is 0.312 e. The van der Waals surface area contributed by atoms with E-state index in [1.165, 1.54) is 21.6 Å². The Kier molecular flexibility index (Phi) is 8.85. The summed E-state index contributed by atoms with van der Waals surface area (Å²) in [6, 6.07) is 5.30. The van der Waals surface area contributed by atoms with E-state index < -0.39 is 34.9 Å². The Morgan fingerprint density at radius 1 is 0.711 bits per heavy atom. The lowest BCUT2D eigenvalue weighted by atomic mass is 9.97. The first-order valence-electron chi connectivity index (χ1n) is 11.9. The molecule has 2 aromatic carbocycles. The number of benzene rings is 2.